The van der Waals surface area contributed by atoms with Crippen molar-refractivity contribution in [2.75, 3.05) is 0 Å². The van der Waals surface area contributed by atoms with Gasteiger partial charge in [0.05, 0.1) is 5.69 Å². The van der Waals surface area contributed by atoms with E-state index in [0.29, 0.717) is 5.65 Å². The van der Waals surface area contributed by atoms with Crippen LogP contribution in [0.5, 0.6) is 0 Å². The molecule has 0 atom stereocenters. The lowest BCUT2D eigenvalue weighted by Gasteiger charge is -2.07. The molecule has 2 aromatic heterocycles. The maximum absolute atomic E-state index is 4.64. The van der Waals surface area contributed by atoms with Gasteiger partial charge in [0, 0.05) is 18.0 Å². The summed E-state index contributed by atoms with van der Waals surface area (Å²) in [5.74, 6) is 0. The van der Waals surface area contributed by atoms with Crippen molar-refractivity contribution in [1.82, 2.24) is 15.0 Å². The minimum absolute atomic E-state index is 0.701. The molecule has 4 rings (SSSR count). The number of hydrogen-bond donors (Lipinski definition) is 0. The molecule has 0 saturated heterocycles. The van der Waals surface area contributed by atoms with Crippen molar-refractivity contribution < 1.29 is 0 Å². The van der Waals surface area contributed by atoms with Crippen molar-refractivity contribution in [2.45, 2.75) is 13.3 Å². The molecule has 0 spiro atoms. The standard InChI is InChI=1S/C17H13N3/c1-11-3-2-4-13-12(11)5-6-14(13)15-7-8-16-17(20-15)19-10-9-18-16/h2-4,6-10H,5H2,1H3. The summed E-state index contributed by atoms with van der Waals surface area (Å²) in [6.07, 6.45) is 6.61. The highest BCUT2D eigenvalue weighted by molar-refractivity contribution is 5.85. The van der Waals surface area contributed by atoms with Crippen molar-refractivity contribution >= 4 is 16.7 Å². The summed E-state index contributed by atoms with van der Waals surface area (Å²) >= 11 is 0. The van der Waals surface area contributed by atoms with Gasteiger partial charge in [-0.15, -0.1) is 0 Å². The Labute approximate surface area is 117 Å². The topological polar surface area (TPSA) is 38.7 Å². The van der Waals surface area contributed by atoms with Crippen LogP contribution in [0.3, 0.4) is 0 Å². The van der Waals surface area contributed by atoms with E-state index in [-0.39, 0.29) is 0 Å². The fourth-order valence-electron chi connectivity index (χ4n) is 2.79. The Morgan fingerprint density at radius 3 is 2.85 bits per heavy atom. The summed E-state index contributed by atoms with van der Waals surface area (Å²) in [6.45, 7) is 2.16. The normalized spacial score (nSPS) is 13.3. The molecular weight excluding hydrogens is 246 g/mol. The molecule has 0 N–H and O–H groups in total. The van der Waals surface area contributed by atoms with Crippen LogP contribution < -0.4 is 0 Å². The molecule has 96 valence electrons. The van der Waals surface area contributed by atoms with E-state index in [1.165, 1.54) is 22.3 Å². The van der Waals surface area contributed by atoms with Gasteiger partial charge in [0.2, 0.25) is 0 Å². The molecule has 0 unspecified atom stereocenters. The molecule has 3 nitrogen and oxygen atoms in total. The van der Waals surface area contributed by atoms with E-state index in [4.69, 9.17) is 0 Å². The maximum atomic E-state index is 4.64. The molecule has 2 heterocycles. The summed E-state index contributed by atoms with van der Waals surface area (Å²) in [4.78, 5) is 13.2. The monoisotopic (exact) mass is 259 g/mol. The van der Waals surface area contributed by atoms with E-state index in [0.717, 1.165) is 17.6 Å². The van der Waals surface area contributed by atoms with Crippen LogP contribution in [0.4, 0.5) is 0 Å². The third-order valence-electron chi connectivity index (χ3n) is 3.82. The number of pyridine rings is 1. The molecule has 3 aromatic rings. The highest BCUT2D eigenvalue weighted by Crippen LogP contribution is 2.33. The van der Waals surface area contributed by atoms with Gasteiger partial charge in [-0.25, -0.2) is 9.97 Å². The van der Waals surface area contributed by atoms with E-state index in [1.807, 2.05) is 12.1 Å². The second kappa shape index (κ2) is 4.23. The first-order chi connectivity index (χ1) is 9.83. The Hall–Kier alpha value is -2.55. The minimum Gasteiger partial charge on any atom is -0.251 e. The van der Waals surface area contributed by atoms with Crippen LogP contribution in [0, 0.1) is 6.92 Å². The summed E-state index contributed by atoms with van der Waals surface area (Å²) in [5, 5.41) is 0. The summed E-state index contributed by atoms with van der Waals surface area (Å²) in [7, 11) is 0. The predicted molar refractivity (Wildman–Crippen MR) is 79.3 cm³/mol. The highest BCUT2D eigenvalue weighted by atomic mass is 14.9. The first-order valence-electron chi connectivity index (χ1n) is 6.70. The lowest BCUT2D eigenvalue weighted by atomic mass is 9.99. The quantitative estimate of drug-likeness (QED) is 0.673. The van der Waals surface area contributed by atoms with Crippen LogP contribution in [0.15, 0.2) is 48.8 Å². The molecule has 1 aliphatic rings. The number of hydrogen-bond acceptors (Lipinski definition) is 3. The van der Waals surface area contributed by atoms with E-state index >= 15 is 0 Å². The third-order valence-corrected chi connectivity index (χ3v) is 3.82. The average molecular weight is 259 g/mol. The number of nitrogens with zero attached hydrogens (tertiary/aromatic N) is 3. The molecular formula is C17H13N3. The second-order valence-corrected chi connectivity index (χ2v) is 5.02. The predicted octanol–water partition coefficient (Wildman–Crippen LogP) is 3.32. The molecule has 0 saturated carbocycles. The summed E-state index contributed by atoms with van der Waals surface area (Å²) in [6, 6.07) is 10.5. The SMILES string of the molecule is Cc1cccc2c1CC=C2c1ccc2nccnc2n1. The summed E-state index contributed by atoms with van der Waals surface area (Å²) in [5.41, 5.74) is 7.75. The molecule has 0 fully saturated rings. The fraction of sp³-hybridized carbons (Fsp3) is 0.118. The Balaban J connectivity index is 1.88. The van der Waals surface area contributed by atoms with E-state index in [1.54, 1.807) is 12.4 Å². The maximum Gasteiger partial charge on any atom is 0.178 e. The fourth-order valence-corrected chi connectivity index (χ4v) is 2.79. The largest absolute Gasteiger partial charge is 0.251 e. The number of aryl methyl sites for hydroxylation is 1. The van der Waals surface area contributed by atoms with Crippen LogP contribution >= 0.6 is 0 Å². The van der Waals surface area contributed by atoms with Crippen LogP contribution in [-0.2, 0) is 6.42 Å². The number of aromatic nitrogens is 3. The van der Waals surface area contributed by atoms with Crippen LogP contribution in [-0.4, -0.2) is 15.0 Å². The van der Waals surface area contributed by atoms with Crippen LogP contribution in [0.2, 0.25) is 0 Å². The Kier molecular flexibility index (Phi) is 2.39. The van der Waals surface area contributed by atoms with Crippen molar-refractivity contribution in [3.05, 3.63) is 71.2 Å². The third kappa shape index (κ3) is 1.63. The minimum atomic E-state index is 0.701. The first-order valence-corrected chi connectivity index (χ1v) is 6.70. The highest BCUT2D eigenvalue weighted by Gasteiger charge is 2.18. The average Bonchev–Trinajstić information content (AvgIpc) is 2.92. The second-order valence-electron chi connectivity index (χ2n) is 5.02. The van der Waals surface area contributed by atoms with E-state index in [9.17, 15) is 0 Å². The molecule has 20 heavy (non-hydrogen) atoms. The summed E-state index contributed by atoms with van der Waals surface area (Å²) < 4.78 is 0. The van der Waals surface area contributed by atoms with Gasteiger partial charge in [-0.1, -0.05) is 24.3 Å². The smallest absolute Gasteiger partial charge is 0.178 e. The molecule has 3 heteroatoms. The van der Waals surface area contributed by atoms with Crippen LogP contribution in [0.1, 0.15) is 22.4 Å². The van der Waals surface area contributed by atoms with Gasteiger partial charge in [0.1, 0.15) is 5.52 Å². The van der Waals surface area contributed by atoms with Gasteiger partial charge >= 0.3 is 0 Å². The van der Waals surface area contributed by atoms with Gasteiger partial charge in [-0.05, 0) is 42.2 Å². The Morgan fingerprint density at radius 1 is 1.00 bits per heavy atom. The van der Waals surface area contributed by atoms with Crippen molar-refractivity contribution in [3.8, 4) is 0 Å². The zero-order chi connectivity index (χ0) is 13.5. The number of allylic oxidation sites excluding steroid dienone is 1. The molecule has 0 aliphatic heterocycles. The van der Waals surface area contributed by atoms with E-state index in [2.05, 4.69) is 46.2 Å². The van der Waals surface area contributed by atoms with Crippen molar-refractivity contribution in [2.24, 2.45) is 0 Å². The van der Waals surface area contributed by atoms with Gasteiger partial charge < -0.3 is 0 Å². The Bertz CT molecular complexity index is 850. The van der Waals surface area contributed by atoms with Gasteiger partial charge in [0.15, 0.2) is 5.65 Å². The number of rotatable bonds is 1. The lowest BCUT2D eigenvalue weighted by Crippen LogP contribution is -1.94. The van der Waals surface area contributed by atoms with Crippen molar-refractivity contribution in [3.63, 3.8) is 0 Å². The Morgan fingerprint density at radius 2 is 1.90 bits per heavy atom. The van der Waals surface area contributed by atoms with Gasteiger partial charge in [0.25, 0.3) is 0 Å². The molecule has 0 bridgehead atoms. The lowest BCUT2D eigenvalue weighted by molar-refractivity contribution is 1.21. The zero-order valence-corrected chi connectivity index (χ0v) is 11.2. The number of fused-ring (bicyclic) bond motifs is 2. The first kappa shape index (κ1) is 11.3. The molecule has 0 radical (unpaired) electrons. The van der Waals surface area contributed by atoms with Gasteiger partial charge in [-0.3, -0.25) is 4.98 Å². The van der Waals surface area contributed by atoms with Crippen molar-refractivity contribution in [1.29, 1.82) is 0 Å². The van der Waals surface area contributed by atoms with Crippen LogP contribution in [0.25, 0.3) is 16.7 Å². The molecule has 1 aliphatic carbocycles. The zero-order valence-electron chi connectivity index (χ0n) is 11.2. The van der Waals surface area contributed by atoms with Gasteiger partial charge in [-0.2, -0.15) is 0 Å². The molecule has 0 amide bonds. The molecule has 1 aromatic carbocycles. The van der Waals surface area contributed by atoms with E-state index < -0.39 is 0 Å². The number of benzene rings is 1.